The summed E-state index contributed by atoms with van der Waals surface area (Å²) >= 11 is 0. The van der Waals surface area contributed by atoms with Gasteiger partial charge in [-0.1, -0.05) is 0 Å². The molecule has 0 saturated carbocycles. The van der Waals surface area contributed by atoms with Crippen LogP contribution in [0.2, 0.25) is 0 Å². The summed E-state index contributed by atoms with van der Waals surface area (Å²) in [5, 5.41) is 0. The number of carbonyl (C=O) groups excluding carboxylic acids is 1. The molecule has 0 aliphatic carbocycles. The molecule has 1 aromatic heterocycles. The van der Waals surface area contributed by atoms with Crippen LogP contribution in [0, 0.1) is 0 Å². The number of imidazole rings is 1. The number of halogens is 3. The van der Waals surface area contributed by atoms with Crippen LogP contribution in [0.3, 0.4) is 0 Å². The lowest BCUT2D eigenvalue weighted by molar-refractivity contribution is -0.187. The summed E-state index contributed by atoms with van der Waals surface area (Å²) in [4.78, 5) is 15.6. The fraction of sp³-hybridized carbons (Fsp3) is 0.667. The molecule has 2 rings (SSSR count). The minimum absolute atomic E-state index is 0.179. The third-order valence-electron chi connectivity index (χ3n) is 2.92. The Kier molecular flexibility index (Phi) is 4.32. The maximum Gasteiger partial charge on any atom is 0.411 e. The highest BCUT2D eigenvalue weighted by Gasteiger charge is 2.31. The van der Waals surface area contributed by atoms with E-state index in [4.69, 9.17) is 9.47 Å². The predicted octanol–water partition coefficient (Wildman–Crippen LogP) is 1.95. The zero-order chi connectivity index (χ0) is 14.8. The highest BCUT2D eigenvalue weighted by molar-refractivity contribution is 5.87. The molecular weight excluding hydrogens is 277 g/mol. The number of hydrogen-bond acceptors (Lipinski definition) is 4. The number of carbonyl (C=O) groups is 1. The standard InChI is InChI=1S/C12H15F3N2O3/c1-2-19-11(18)9-6-17-5-8(3-4-10(17)16-9)20-7-12(13,14)15/h6,8H,2-5,7H2,1H3. The van der Waals surface area contributed by atoms with Gasteiger partial charge < -0.3 is 14.0 Å². The number of aryl methyl sites for hydroxylation is 1. The highest BCUT2D eigenvalue weighted by atomic mass is 19.4. The Morgan fingerprint density at radius 3 is 2.95 bits per heavy atom. The Morgan fingerprint density at radius 1 is 1.55 bits per heavy atom. The molecule has 0 spiro atoms. The molecule has 1 aliphatic rings. The first-order valence-corrected chi connectivity index (χ1v) is 6.30. The predicted molar refractivity (Wildman–Crippen MR) is 62.3 cm³/mol. The maximum atomic E-state index is 12.1. The van der Waals surface area contributed by atoms with Gasteiger partial charge in [-0.25, -0.2) is 9.78 Å². The number of alkyl halides is 3. The molecule has 2 heterocycles. The van der Waals surface area contributed by atoms with Gasteiger partial charge >= 0.3 is 12.1 Å². The Balaban J connectivity index is 1.98. The summed E-state index contributed by atoms with van der Waals surface area (Å²) in [6.45, 7) is 0.942. The van der Waals surface area contributed by atoms with Crippen molar-refractivity contribution in [3.63, 3.8) is 0 Å². The average molecular weight is 292 g/mol. The van der Waals surface area contributed by atoms with E-state index in [2.05, 4.69) is 4.98 Å². The average Bonchev–Trinajstić information content (AvgIpc) is 2.78. The summed E-state index contributed by atoms with van der Waals surface area (Å²) in [5.74, 6) is 0.141. The number of esters is 1. The van der Waals surface area contributed by atoms with Gasteiger partial charge in [0.1, 0.15) is 12.4 Å². The molecule has 0 aromatic carbocycles. The third-order valence-corrected chi connectivity index (χ3v) is 2.92. The van der Waals surface area contributed by atoms with Crippen molar-refractivity contribution in [2.24, 2.45) is 0 Å². The number of hydrogen-bond donors (Lipinski definition) is 0. The minimum Gasteiger partial charge on any atom is -0.461 e. The molecule has 0 amide bonds. The zero-order valence-corrected chi connectivity index (χ0v) is 10.9. The summed E-state index contributed by atoms with van der Waals surface area (Å²) in [6, 6.07) is 0. The molecule has 1 aliphatic heterocycles. The quantitative estimate of drug-likeness (QED) is 0.796. The van der Waals surface area contributed by atoms with Crippen molar-refractivity contribution in [3.05, 3.63) is 17.7 Å². The first kappa shape index (κ1) is 14.8. The van der Waals surface area contributed by atoms with Crippen molar-refractivity contribution >= 4 is 5.97 Å². The van der Waals surface area contributed by atoms with Crippen LogP contribution in [0.5, 0.6) is 0 Å². The fourth-order valence-corrected chi connectivity index (χ4v) is 2.06. The van der Waals surface area contributed by atoms with Crippen molar-refractivity contribution in [2.75, 3.05) is 13.2 Å². The molecule has 112 valence electrons. The van der Waals surface area contributed by atoms with Crippen molar-refractivity contribution in [1.29, 1.82) is 0 Å². The monoisotopic (exact) mass is 292 g/mol. The van der Waals surface area contributed by atoms with E-state index in [0.29, 0.717) is 18.7 Å². The normalized spacial score (nSPS) is 18.7. The lowest BCUT2D eigenvalue weighted by Gasteiger charge is -2.24. The molecule has 0 saturated heterocycles. The van der Waals surface area contributed by atoms with Crippen LogP contribution in [0.15, 0.2) is 6.20 Å². The second-order valence-corrected chi connectivity index (χ2v) is 4.50. The van der Waals surface area contributed by atoms with Gasteiger partial charge in [-0.05, 0) is 13.3 Å². The molecule has 0 bridgehead atoms. The van der Waals surface area contributed by atoms with Crippen LogP contribution in [0.4, 0.5) is 13.2 Å². The third kappa shape index (κ3) is 3.72. The van der Waals surface area contributed by atoms with Crippen LogP contribution in [0.1, 0.15) is 29.7 Å². The van der Waals surface area contributed by atoms with Gasteiger partial charge in [-0.15, -0.1) is 0 Å². The largest absolute Gasteiger partial charge is 0.461 e. The van der Waals surface area contributed by atoms with Crippen molar-refractivity contribution in [3.8, 4) is 0 Å². The van der Waals surface area contributed by atoms with Crippen molar-refractivity contribution in [2.45, 2.75) is 38.6 Å². The first-order chi connectivity index (χ1) is 9.39. The Hall–Kier alpha value is -1.57. The van der Waals surface area contributed by atoms with Gasteiger partial charge in [0.05, 0.1) is 19.3 Å². The van der Waals surface area contributed by atoms with Crippen molar-refractivity contribution in [1.82, 2.24) is 9.55 Å². The number of ether oxygens (including phenoxy) is 2. The summed E-state index contributed by atoms with van der Waals surface area (Å²) < 4.78 is 47.6. The molecule has 1 atom stereocenters. The van der Waals surface area contributed by atoms with Gasteiger partial charge in [0.15, 0.2) is 5.69 Å². The van der Waals surface area contributed by atoms with E-state index >= 15 is 0 Å². The zero-order valence-electron chi connectivity index (χ0n) is 10.9. The molecule has 0 N–H and O–H groups in total. The molecule has 0 radical (unpaired) electrons. The molecule has 0 fully saturated rings. The van der Waals surface area contributed by atoms with E-state index in [1.165, 1.54) is 6.20 Å². The summed E-state index contributed by atoms with van der Waals surface area (Å²) in [7, 11) is 0. The van der Waals surface area contributed by atoms with Gasteiger partial charge in [-0.2, -0.15) is 13.2 Å². The Labute approximate surface area is 113 Å². The Bertz CT molecular complexity index is 485. The molecule has 20 heavy (non-hydrogen) atoms. The Morgan fingerprint density at radius 2 is 2.30 bits per heavy atom. The van der Waals surface area contributed by atoms with Crippen LogP contribution in [0.25, 0.3) is 0 Å². The van der Waals surface area contributed by atoms with E-state index in [1.54, 1.807) is 11.5 Å². The van der Waals surface area contributed by atoms with Gasteiger partial charge in [0.25, 0.3) is 0 Å². The summed E-state index contributed by atoms with van der Waals surface area (Å²) in [6.07, 6.45) is -2.42. The second kappa shape index (κ2) is 5.82. The SMILES string of the molecule is CCOC(=O)c1cn2c(n1)CCC(OCC(F)(F)F)C2. The van der Waals surface area contributed by atoms with E-state index in [9.17, 15) is 18.0 Å². The molecule has 8 heteroatoms. The maximum absolute atomic E-state index is 12.1. The smallest absolute Gasteiger partial charge is 0.411 e. The van der Waals surface area contributed by atoms with E-state index < -0.39 is 24.9 Å². The highest BCUT2D eigenvalue weighted by Crippen LogP contribution is 2.21. The van der Waals surface area contributed by atoms with Gasteiger partial charge in [0, 0.05) is 12.6 Å². The van der Waals surface area contributed by atoms with E-state index in [1.807, 2.05) is 0 Å². The van der Waals surface area contributed by atoms with Crippen LogP contribution in [-0.2, 0) is 22.4 Å². The second-order valence-electron chi connectivity index (χ2n) is 4.50. The topological polar surface area (TPSA) is 53.4 Å². The fourth-order valence-electron chi connectivity index (χ4n) is 2.06. The molecule has 1 aromatic rings. The number of rotatable bonds is 4. The number of aromatic nitrogens is 2. The van der Waals surface area contributed by atoms with E-state index in [0.717, 1.165) is 0 Å². The molecular formula is C12H15F3N2O3. The summed E-state index contributed by atoms with van der Waals surface area (Å²) in [5.41, 5.74) is 0.179. The van der Waals surface area contributed by atoms with E-state index in [-0.39, 0.29) is 18.8 Å². The number of nitrogens with zero attached hydrogens (tertiary/aromatic N) is 2. The van der Waals surface area contributed by atoms with Crippen LogP contribution >= 0.6 is 0 Å². The van der Waals surface area contributed by atoms with Gasteiger partial charge in [-0.3, -0.25) is 0 Å². The molecule has 1 unspecified atom stereocenters. The number of fused-ring (bicyclic) bond motifs is 1. The lowest BCUT2D eigenvalue weighted by atomic mass is 10.1. The lowest BCUT2D eigenvalue weighted by Crippen LogP contribution is -2.30. The van der Waals surface area contributed by atoms with Crippen LogP contribution in [-0.4, -0.2) is 41.0 Å². The first-order valence-electron chi connectivity index (χ1n) is 6.30. The van der Waals surface area contributed by atoms with Crippen LogP contribution < -0.4 is 0 Å². The molecule has 5 nitrogen and oxygen atoms in total. The van der Waals surface area contributed by atoms with Crippen molar-refractivity contribution < 1.29 is 27.4 Å². The van der Waals surface area contributed by atoms with Gasteiger partial charge in [0.2, 0.25) is 0 Å². The minimum atomic E-state index is -4.33.